The van der Waals surface area contributed by atoms with Gasteiger partial charge in [-0.05, 0) is 51.0 Å². The van der Waals surface area contributed by atoms with Gasteiger partial charge in [0.1, 0.15) is 5.60 Å². The summed E-state index contributed by atoms with van der Waals surface area (Å²) in [5.41, 5.74) is 1.96. The third kappa shape index (κ3) is 5.27. The number of allylic oxidation sites excluding steroid dienone is 5. The fourth-order valence-corrected chi connectivity index (χ4v) is 1.54. The monoisotopic (exact) mass is 270 g/mol. The van der Waals surface area contributed by atoms with E-state index >= 15 is 0 Å². The zero-order valence-electron chi connectivity index (χ0n) is 12.6. The third-order valence-electron chi connectivity index (χ3n) is 2.49. The standard InChI is InChI=1S/C18H22O2/c1-6-7-8-9-14(2)15-10-12-16(13-11-15)17(19)20-18(3,4)5/h6-13H,2H2,1,3-5H3/b7-6-,9-8-. The number of esters is 1. The normalized spacial score (nSPS) is 12.0. The smallest absolute Gasteiger partial charge is 0.338 e. The van der Waals surface area contributed by atoms with Crippen molar-refractivity contribution in [2.75, 3.05) is 0 Å². The Balaban J connectivity index is 2.79. The summed E-state index contributed by atoms with van der Waals surface area (Å²) in [6, 6.07) is 7.28. The lowest BCUT2D eigenvalue weighted by molar-refractivity contribution is 0.00695. The van der Waals surface area contributed by atoms with Gasteiger partial charge < -0.3 is 4.74 Å². The van der Waals surface area contributed by atoms with Crippen LogP contribution < -0.4 is 0 Å². The molecule has 2 heteroatoms. The first-order chi connectivity index (χ1) is 9.33. The predicted octanol–water partition coefficient (Wildman–Crippen LogP) is 4.79. The Morgan fingerprint density at radius 3 is 2.15 bits per heavy atom. The van der Waals surface area contributed by atoms with Crippen molar-refractivity contribution in [3.05, 3.63) is 66.3 Å². The molecule has 0 aliphatic rings. The summed E-state index contributed by atoms with van der Waals surface area (Å²) in [4.78, 5) is 11.9. The summed E-state index contributed by atoms with van der Waals surface area (Å²) in [7, 11) is 0. The fraction of sp³-hybridized carbons (Fsp3) is 0.278. The molecule has 106 valence electrons. The Morgan fingerprint density at radius 1 is 1.10 bits per heavy atom. The van der Waals surface area contributed by atoms with Crippen molar-refractivity contribution in [3.63, 3.8) is 0 Å². The van der Waals surface area contributed by atoms with Crippen LogP contribution in [0.4, 0.5) is 0 Å². The maximum absolute atomic E-state index is 11.9. The Labute approximate surface area is 121 Å². The maximum Gasteiger partial charge on any atom is 0.338 e. The highest BCUT2D eigenvalue weighted by atomic mass is 16.6. The Morgan fingerprint density at radius 2 is 1.65 bits per heavy atom. The first-order valence-corrected chi connectivity index (χ1v) is 6.65. The molecule has 0 bridgehead atoms. The largest absolute Gasteiger partial charge is 0.456 e. The Kier molecular flexibility index (Phi) is 5.51. The zero-order chi connectivity index (χ0) is 15.2. The van der Waals surface area contributed by atoms with Crippen LogP contribution in [0.15, 0.2) is 55.1 Å². The van der Waals surface area contributed by atoms with Crippen LogP contribution in [0.1, 0.15) is 43.6 Å². The number of carbonyl (C=O) groups is 1. The molecule has 0 saturated carbocycles. The third-order valence-corrected chi connectivity index (χ3v) is 2.49. The van der Waals surface area contributed by atoms with Crippen molar-refractivity contribution >= 4 is 11.5 Å². The molecule has 0 amide bonds. The topological polar surface area (TPSA) is 26.3 Å². The van der Waals surface area contributed by atoms with E-state index in [2.05, 4.69) is 6.58 Å². The summed E-state index contributed by atoms with van der Waals surface area (Å²) in [5, 5.41) is 0. The highest BCUT2D eigenvalue weighted by Crippen LogP contribution is 2.17. The van der Waals surface area contributed by atoms with Gasteiger partial charge >= 0.3 is 5.97 Å². The van der Waals surface area contributed by atoms with Crippen LogP contribution in [-0.4, -0.2) is 11.6 Å². The second-order valence-electron chi connectivity index (χ2n) is 5.49. The lowest BCUT2D eigenvalue weighted by Crippen LogP contribution is -2.23. The van der Waals surface area contributed by atoms with Crippen LogP contribution in [0, 0.1) is 0 Å². The van der Waals surface area contributed by atoms with E-state index in [1.807, 2.05) is 64.1 Å². The second-order valence-corrected chi connectivity index (χ2v) is 5.49. The van der Waals surface area contributed by atoms with E-state index in [0.29, 0.717) is 5.56 Å². The van der Waals surface area contributed by atoms with Gasteiger partial charge in [-0.15, -0.1) is 0 Å². The summed E-state index contributed by atoms with van der Waals surface area (Å²) >= 11 is 0. The number of ether oxygens (including phenoxy) is 1. The molecule has 0 unspecified atom stereocenters. The molecule has 0 N–H and O–H groups in total. The summed E-state index contributed by atoms with van der Waals surface area (Å²) in [6.07, 6.45) is 7.77. The van der Waals surface area contributed by atoms with Gasteiger partial charge in [-0.1, -0.05) is 43.0 Å². The van der Waals surface area contributed by atoms with Crippen molar-refractivity contribution in [1.29, 1.82) is 0 Å². The van der Waals surface area contributed by atoms with E-state index < -0.39 is 5.60 Å². The molecule has 1 aromatic rings. The minimum Gasteiger partial charge on any atom is -0.456 e. The first kappa shape index (κ1) is 16.0. The number of carbonyl (C=O) groups excluding carboxylic acids is 1. The minimum atomic E-state index is -0.478. The van der Waals surface area contributed by atoms with Gasteiger partial charge in [0, 0.05) is 0 Å². The number of rotatable bonds is 4. The molecule has 0 aromatic heterocycles. The summed E-state index contributed by atoms with van der Waals surface area (Å²) in [5.74, 6) is -0.306. The van der Waals surface area contributed by atoms with Crippen LogP contribution in [0.5, 0.6) is 0 Å². The van der Waals surface area contributed by atoms with Crippen molar-refractivity contribution in [2.24, 2.45) is 0 Å². The van der Waals surface area contributed by atoms with Gasteiger partial charge in [0.25, 0.3) is 0 Å². The SMILES string of the molecule is C=C(/C=C\C=C/C)c1ccc(C(=O)OC(C)(C)C)cc1. The van der Waals surface area contributed by atoms with Gasteiger partial charge in [0.15, 0.2) is 0 Å². The van der Waals surface area contributed by atoms with Crippen LogP contribution >= 0.6 is 0 Å². The van der Waals surface area contributed by atoms with E-state index in [1.165, 1.54) is 0 Å². The molecule has 1 aromatic carbocycles. The van der Waals surface area contributed by atoms with E-state index in [4.69, 9.17) is 4.74 Å². The van der Waals surface area contributed by atoms with E-state index in [0.717, 1.165) is 11.1 Å². The van der Waals surface area contributed by atoms with Crippen molar-refractivity contribution < 1.29 is 9.53 Å². The minimum absolute atomic E-state index is 0.306. The molecular formula is C18H22O2. The number of benzene rings is 1. The van der Waals surface area contributed by atoms with Gasteiger partial charge in [0.05, 0.1) is 5.56 Å². The summed E-state index contributed by atoms with van der Waals surface area (Å²) < 4.78 is 5.32. The lowest BCUT2D eigenvalue weighted by Gasteiger charge is -2.19. The maximum atomic E-state index is 11.9. The highest BCUT2D eigenvalue weighted by molar-refractivity contribution is 5.90. The average molecular weight is 270 g/mol. The van der Waals surface area contributed by atoms with Gasteiger partial charge in [-0.3, -0.25) is 0 Å². The number of hydrogen-bond acceptors (Lipinski definition) is 2. The average Bonchev–Trinajstić information content (AvgIpc) is 2.37. The van der Waals surface area contributed by atoms with Crippen LogP contribution in [-0.2, 0) is 4.74 Å². The molecule has 20 heavy (non-hydrogen) atoms. The van der Waals surface area contributed by atoms with E-state index in [9.17, 15) is 4.79 Å². The molecule has 0 atom stereocenters. The molecule has 0 saturated heterocycles. The molecular weight excluding hydrogens is 248 g/mol. The molecule has 0 aliphatic heterocycles. The first-order valence-electron chi connectivity index (χ1n) is 6.65. The van der Waals surface area contributed by atoms with Crippen molar-refractivity contribution in [3.8, 4) is 0 Å². The quantitative estimate of drug-likeness (QED) is 0.581. The van der Waals surface area contributed by atoms with Crippen LogP contribution in [0.25, 0.3) is 5.57 Å². The van der Waals surface area contributed by atoms with E-state index in [-0.39, 0.29) is 5.97 Å². The molecule has 2 nitrogen and oxygen atoms in total. The van der Waals surface area contributed by atoms with E-state index in [1.54, 1.807) is 12.1 Å². The van der Waals surface area contributed by atoms with Crippen molar-refractivity contribution in [1.82, 2.24) is 0 Å². The molecule has 0 aliphatic carbocycles. The van der Waals surface area contributed by atoms with Crippen LogP contribution in [0.3, 0.4) is 0 Å². The molecule has 0 radical (unpaired) electrons. The van der Waals surface area contributed by atoms with Gasteiger partial charge in [0.2, 0.25) is 0 Å². The Bertz CT molecular complexity index is 526. The van der Waals surface area contributed by atoms with Gasteiger partial charge in [-0.2, -0.15) is 0 Å². The molecule has 1 rings (SSSR count). The zero-order valence-corrected chi connectivity index (χ0v) is 12.6. The summed E-state index contributed by atoms with van der Waals surface area (Å²) in [6.45, 7) is 11.5. The number of hydrogen-bond donors (Lipinski definition) is 0. The molecule has 0 heterocycles. The predicted molar refractivity (Wildman–Crippen MR) is 84.6 cm³/mol. The highest BCUT2D eigenvalue weighted by Gasteiger charge is 2.17. The van der Waals surface area contributed by atoms with Crippen LogP contribution in [0.2, 0.25) is 0 Å². The molecule has 0 fully saturated rings. The fourth-order valence-electron chi connectivity index (χ4n) is 1.54. The molecule has 0 spiro atoms. The Hall–Kier alpha value is -2.09. The second kappa shape index (κ2) is 6.90. The van der Waals surface area contributed by atoms with Crippen molar-refractivity contribution in [2.45, 2.75) is 33.3 Å². The van der Waals surface area contributed by atoms with Gasteiger partial charge in [-0.25, -0.2) is 4.79 Å². The lowest BCUT2D eigenvalue weighted by atomic mass is 10.0.